The van der Waals surface area contributed by atoms with Crippen LogP contribution in [0.25, 0.3) is 0 Å². The molecule has 1 N–H and O–H groups in total. The summed E-state index contributed by atoms with van der Waals surface area (Å²) in [5.41, 5.74) is 1.00. The van der Waals surface area contributed by atoms with Crippen LogP contribution in [0.2, 0.25) is 0 Å². The number of nitro benzene ring substituents is 1. The summed E-state index contributed by atoms with van der Waals surface area (Å²) in [6, 6.07) is 11.2. The van der Waals surface area contributed by atoms with E-state index in [9.17, 15) is 14.5 Å². The van der Waals surface area contributed by atoms with Gasteiger partial charge in [0.15, 0.2) is 0 Å². The molecular formula is C14H12BrFN2O2. The van der Waals surface area contributed by atoms with E-state index < -0.39 is 4.92 Å². The highest BCUT2D eigenvalue weighted by Gasteiger charge is 2.13. The number of benzene rings is 2. The van der Waals surface area contributed by atoms with Crippen molar-refractivity contribution in [2.75, 3.05) is 11.9 Å². The van der Waals surface area contributed by atoms with Crippen LogP contribution in [0.4, 0.5) is 15.8 Å². The third kappa shape index (κ3) is 3.54. The second-order valence-electron chi connectivity index (χ2n) is 4.19. The lowest BCUT2D eigenvalue weighted by atomic mass is 10.1. The van der Waals surface area contributed by atoms with Crippen LogP contribution in [0.5, 0.6) is 0 Å². The molecule has 0 amide bonds. The van der Waals surface area contributed by atoms with E-state index in [1.165, 1.54) is 12.1 Å². The standard InChI is InChI=1S/C14H12BrFN2O2/c15-11-5-6-14(18(19)20)13(9-11)17-8-7-10-3-1-2-4-12(10)16/h1-6,9,17H,7-8H2. The van der Waals surface area contributed by atoms with E-state index in [4.69, 9.17) is 0 Å². The first kappa shape index (κ1) is 14.5. The normalized spacial score (nSPS) is 10.3. The largest absolute Gasteiger partial charge is 0.379 e. The first-order chi connectivity index (χ1) is 9.58. The molecule has 0 fully saturated rings. The number of hydrogen-bond acceptors (Lipinski definition) is 3. The third-order valence-electron chi connectivity index (χ3n) is 2.82. The smallest absolute Gasteiger partial charge is 0.292 e. The SMILES string of the molecule is O=[N+]([O-])c1ccc(Br)cc1NCCc1ccccc1F. The fraction of sp³-hybridized carbons (Fsp3) is 0.143. The molecule has 0 saturated heterocycles. The van der Waals surface area contributed by atoms with Crippen molar-refractivity contribution in [1.29, 1.82) is 0 Å². The van der Waals surface area contributed by atoms with E-state index in [1.807, 2.05) is 0 Å². The van der Waals surface area contributed by atoms with Gasteiger partial charge in [0.1, 0.15) is 11.5 Å². The molecule has 0 saturated carbocycles. The van der Waals surface area contributed by atoms with Gasteiger partial charge in [-0.1, -0.05) is 34.1 Å². The molecule has 0 atom stereocenters. The van der Waals surface area contributed by atoms with Crippen molar-refractivity contribution in [2.45, 2.75) is 6.42 Å². The maximum atomic E-state index is 13.4. The number of nitrogens with zero attached hydrogens (tertiary/aromatic N) is 1. The average molecular weight is 339 g/mol. The van der Waals surface area contributed by atoms with E-state index in [2.05, 4.69) is 21.2 Å². The van der Waals surface area contributed by atoms with Gasteiger partial charge in [-0.15, -0.1) is 0 Å². The lowest BCUT2D eigenvalue weighted by molar-refractivity contribution is -0.384. The Morgan fingerprint density at radius 2 is 2.00 bits per heavy atom. The highest BCUT2D eigenvalue weighted by atomic mass is 79.9. The van der Waals surface area contributed by atoms with E-state index in [0.717, 1.165) is 4.47 Å². The topological polar surface area (TPSA) is 55.2 Å². The molecular weight excluding hydrogens is 327 g/mol. The van der Waals surface area contributed by atoms with Crippen LogP contribution >= 0.6 is 15.9 Å². The summed E-state index contributed by atoms with van der Waals surface area (Å²) < 4.78 is 14.2. The molecule has 0 radical (unpaired) electrons. The Labute approximate surface area is 123 Å². The molecule has 2 aromatic rings. The second kappa shape index (κ2) is 6.47. The van der Waals surface area contributed by atoms with E-state index in [-0.39, 0.29) is 11.5 Å². The predicted octanol–water partition coefficient (Wildman–Crippen LogP) is 4.15. The van der Waals surface area contributed by atoms with Crippen LogP contribution < -0.4 is 5.32 Å². The van der Waals surface area contributed by atoms with Gasteiger partial charge in [0, 0.05) is 17.1 Å². The van der Waals surface area contributed by atoms with E-state index >= 15 is 0 Å². The molecule has 0 heterocycles. The second-order valence-corrected chi connectivity index (χ2v) is 5.10. The fourth-order valence-corrected chi connectivity index (χ4v) is 2.20. The molecule has 0 aliphatic heterocycles. The van der Waals surface area contributed by atoms with Crippen LogP contribution in [0, 0.1) is 15.9 Å². The quantitative estimate of drug-likeness (QED) is 0.658. The Morgan fingerprint density at radius 1 is 1.25 bits per heavy atom. The number of hydrogen-bond donors (Lipinski definition) is 1. The molecule has 2 aromatic carbocycles. The molecule has 0 bridgehead atoms. The zero-order valence-corrected chi connectivity index (χ0v) is 12.1. The maximum absolute atomic E-state index is 13.4. The minimum absolute atomic E-state index is 0.00161. The summed E-state index contributed by atoms with van der Waals surface area (Å²) in [5.74, 6) is -0.266. The molecule has 4 nitrogen and oxygen atoms in total. The molecule has 0 unspecified atom stereocenters. The lowest BCUT2D eigenvalue weighted by Crippen LogP contribution is -2.07. The van der Waals surface area contributed by atoms with Gasteiger partial charge in [0.05, 0.1) is 4.92 Å². The van der Waals surface area contributed by atoms with Crippen LogP contribution in [0.3, 0.4) is 0 Å². The van der Waals surface area contributed by atoms with Gasteiger partial charge in [-0.3, -0.25) is 10.1 Å². The van der Waals surface area contributed by atoms with Crippen molar-refractivity contribution in [1.82, 2.24) is 0 Å². The van der Waals surface area contributed by atoms with Gasteiger partial charge >= 0.3 is 0 Å². The van der Waals surface area contributed by atoms with Crippen molar-refractivity contribution >= 4 is 27.3 Å². The van der Waals surface area contributed by atoms with Crippen molar-refractivity contribution < 1.29 is 9.31 Å². The van der Waals surface area contributed by atoms with Crippen molar-refractivity contribution in [3.05, 3.63) is 68.4 Å². The summed E-state index contributed by atoms with van der Waals surface area (Å²) in [5, 5.41) is 13.9. The van der Waals surface area contributed by atoms with Crippen LogP contribution in [-0.2, 0) is 6.42 Å². The molecule has 6 heteroatoms. The molecule has 104 valence electrons. The number of rotatable bonds is 5. The fourth-order valence-electron chi connectivity index (χ4n) is 1.84. The summed E-state index contributed by atoms with van der Waals surface area (Å²) >= 11 is 3.27. The molecule has 0 aromatic heterocycles. The highest BCUT2D eigenvalue weighted by Crippen LogP contribution is 2.27. The van der Waals surface area contributed by atoms with Gasteiger partial charge in [-0.2, -0.15) is 0 Å². The van der Waals surface area contributed by atoms with Gasteiger partial charge in [0.25, 0.3) is 5.69 Å². The van der Waals surface area contributed by atoms with Crippen LogP contribution in [-0.4, -0.2) is 11.5 Å². The summed E-state index contributed by atoms with van der Waals surface area (Å²) in [4.78, 5) is 10.5. The minimum atomic E-state index is -0.447. The molecule has 0 spiro atoms. The van der Waals surface area contributed by atoms with Gasteiger partial charge < -0.3 is 5.32 Å². The minimum Gasteiger partial charge on any atom is -0.379 e. The number of nitro groups is 1. The highest BCUT2D eigenvalue weighted by molar-refractivity contribution is 9.10. The van der Waals surface area contributed by atoms with Gasteiger partial charge in [-0.05, 0) is 30.2 Å². The van der Waals surface area contributed by atoms with E-state index in [1.54, 1.807) is 30.3 Å². The summed E-state index contributed by atoms with van der Waals surface area (Å²) in [6.07, 6.45) is 0.455. The van der Waals surface area contributed by atoms with Crippen molar-refractivity contribution in [2.24, 2.45) is 0 Å². The zero-order valence-electron chi connectivity index (χ0n) is 10.5. The average Bonchev–Trinajstić information content (AvgIpc) is 2.41. The Morgan fingerprint density at radius 3 is 2.70 bits per heavy atom. The first-order valence-corrected chi connectivity index (χ1v) is 6.78. The number of anilines is 1. The van der Waals surface area contributed by atoms with E-state index in [0.29, 0.717) is 24.2 Å². The lowest BCUT2D eigenvalue weighted by Gasteiger charge is -2.08. The predicted molar refractivity (Wildman–Crippen MR) is 79.4 cm³/mol. The monoisotopic (exact) mass is 338 g/mol. The summed E-state index contributed by atoms with van der Waals surface area (Å²) in [6.45, 7) is 0.415. The Hall–Kier alpha value is -1.95. The van der Waals surface area contributed by atoms with Crippen molar-refractivity contribution in [3.63, 3.8) is 0 Å². The van der Waals surface area contributed by atoms with Crippen molar-refractivity contribution in [3.8, 4) is 0 Å². The molecule has 20 heavy (non-hydrogen) atoms. The maximum Gasteiger partial charge on any atom is 0.292 e. The number of nitrogens with one attached hydrogen (secondary N) is 1. The van der Waals surface area contributed by atoms with Gasteiger partial charge in [0.2, 0.25) is 0 Å². The molecule has 0 aliphatic rings. The first-order valence-electron chi connectivity index (χ1n) is 5.99. The molecule has 2 rings (SSSR count). The van der Waals surface area contributed by atoms with Crippen LogP contribution in [0.15, 0.2) is 46.9 Å². The molecule has 0 aliphatic carbocycles. The Balaban J connectivity index is 2.06. The van der Waals surface area contributed by atoms with Gasteiger partial charge in [-0.25, -0.2) is 4.39 Å². The Bertz CT molecular complexity index is 634. The summed E-state index contributed by atoms with van der Waals surface area (Å²) in [7, 11) is 0. The Kier molecular flexibility index (Phi) is 4.68. The van der Waals surface area contributed by atoms with Crippen LogP contribution in [0.1, 0.15) is 5.56 Å². The zero-order chi connectivity index (χ0) is 14.5. The number of halogens is 2. The third-order valence-corrected chi connectivity index (χ3v) is 3.32.